The van der Waals surface area contributed by atoms with E-state index in [9.17, 15) is 13.2 Å². The lowest BCUT2D eigenvalue weighted by Crippen LogP contribution is -2.39. The summed E-state index contributed by atoms with van der Waals surface area (Å²) in [7, 11) is 0. The lowest BCUT2D eigenvalue weighted by molar-refractivity contribution is -0.718. The Hall–Kier alpha value is -1.00. The standard InChI is InChI=1S/C13H22F3N2/c1-2-3-4-5-6-7-8-17-9-10-18(12-17)11-13(14,15)16/h9-10,12H,2-8,11H2,1H3/q+1. The molecule has 2 nitrogen and oxygen atoms in total. The molecule has 0 aliphatic rings. The van der Waals surface area contributed by atoms with Crippen molar-refractivity contribution in [2.24, 2.45) is 0 Å². The fraction of sp³-hybridized carbons (Fsp3) is 0.769. The Kier molecular flexibility index (Phi) is 6.22. The van der Waals surface area contributed by atoms with Crippen LogP contribution in [-0.4, -0.2) is 10.7 Å². The second-order valence-corrected chi connectivity index (χ2v) is 4.71. The summed E-state index contributed by atoms with van der Waals surface area (Å²) in [6.45, 7) is 2.08. The Morgan fingerprint density at radius 2 is 1.72 bits per heavy atom. The van der Waals surface area contributed by atoms with Crippen LogP contribution >= 0.6 is 0 Å². The summed E-state index contributed by atoms with van der Waals surface area (Å²) in [5, 5.41) is 0. The number of halogens is 3. The zero-order valence-corrected chi connectivity index (χ0v) is 10.9. The molecule has 0 fully saturated rings. The van der Waals surface area contributed by atoms with Crippen molar-refractivity contribution in [3.8, 4) is 0 Å². The fourth-order valence-electron chi connectivity index (χ4n) is 1.95. The molecule has 0 saturated heterocycles. The van der Waals surface area contributed by atoms with Crippen LogP contribution in [0.25, 0.3) is 0 Å². The summed E-state index contributed by atoms with van der Waals surface area (Å²) in [4.78, 5) is 0. The van der Waals surface area contributed by atoms with Crippen LogP contribution in [0, 0.1) is 0 Å². The van der Waals surface area contributed by atoms with Crippen LogP contribution in [-0.2, 0) is 13.1 Å². The van der Waals surface area contributed by atoms with Crippen molar-refractivity contribution in [2.45, 2.75) is 64.7 Å². The van der Waals surface area contributed by atoms with Crippen LogP contribution in [0.5, 0.6) is 0 Å². The summed E-state index contributed by atoms with van der Waals surface area (Å²) in [6, 6.07) is 0. The molecule has 0 aliphatic heterocycles. The molecule has 0 unspecified atom stereocenters. The number of rotatable bonds is 8. The predicted octanol–water partition coefficient (Wildman–Crippen LogP) is 3.70. The molecule has 104 valence electrons. The molecule has 0 spiro atoms. The van der Waals surface area contributed by atoms with Gasteiger partial charge in [0.05, 0.1) is 6.54 Å². The van der Waals surface area contributed by atoms with Crippen molar-refractivity contribution < 1.29 is 17.7 Å². The molecule has 0 radical (unpaired) electrons. The Balaban J connectivity index is 2.19. The van der Waals surface area contributed by atoms with Crippen molar-refractivity contribution in [2.75, 3.05) is 0 Å². The van der Waals surface area contributed by atoms with Gasteiger partial charge in [-0.15, -0.1) is 0 Å². The zero-order valence-electron chi connectivity index (χ0n) is 10.9. The molecular weight excluding hydrogens is 241 g/mol. The van der Waals surface area contributed by atoms with Crippen molar-refractivity contribution in [1.29, 1.82) is 0 Å². The van der Waals surface area contributed by atoms with Crippen molar-refractivity contribution in [3.63, 3.8) is 0 Å². The first-order valence-corrected chi connectivity index (χ1v) is 6.63. The van der Waals surface area contributed by atoms with Crippen LogP contribution in [0.15, 0.2) is 18.7 Å². The molecule has 0 aromatic carbocycles. The normalized spacial score (nSPS) is 12.0. The fourth-order valence-corrected chi connectivity index (χ4v) is 1.95. The topological polar surface area (TPSA) is 8.81 Å². The van der Waals surface area contributed by atoms with E-state index in [0.717, 1.165) is 19.4 Å². The van der Waals surface area contributed by atoms with Crippen LogP contribution in [0.1, 0.15) is 45.4 Å². The van der Waals surface area contributed by atoms with Crippen LogP contribution < -0.4 is 4.57 Å². The Morgan fingerprint density at radius 3 is 2.39 bits per heavy atom. The number of hydrogen-bond acceptors (Lipinski definition) is 0. The van der Waals surface area contributed by atoms with E-state index in [2.05, 4.69) is 6.92 Å². The molecule has 1 aromatic rings. The van der Waals surface area contributed by atoms with Crippen molar-refractivity contribution in [3.05, 3.63) is 18.7 Å². The van der Waals surface area contributed by atoms with Gasteiger partial charge in [-0.25, -0.2) is 9.13 Å². The summed E-state index contributed by atoms with van der Waals surface area (Å²) in [5.41, 5.74) is 0. The number of aromatic nitrogens is 2. The van der Waals surface area contributed by atoms with Crippen LogP contribution in [0.2, 0.25) is 0 Å². The first-order chi connectivity index (χ1) is 8.51. The van der Waals surface area contributed by atoms with Gasteiger partial charge >= 0.3 is 6.18 Å². The van der Waals surface area contributed by atoms with Gasteiger partial charge in [0.25, 0.3) is 0 Å². The molecule has 1 rings (SSSR count). The molecular formula is C13H22F3N2+. The van der Waals surface area contributed by atoms with Crippen LogP contribution in [0.3, 0.4) is 0 Å². The van der Waals surface area contributed by atoms with E-state index in [1.54, 1.807) is 6.20 Å². The number of imidazole rings is 1. The molecule has 1 aromatic heterocycles. The van der Waals surface area contributed by atoms with Gasteiger partial charge in [-0.05, 0) is 12.8 Å². The minimum atomic E-state index is -4.14. The number of nitrogens with zero attached hydrogens (tertiary/aromatic N) is 2. The number of alkyl halides is 3. The lowest BCUT2D eigenvalue weighted by Gasteiger charge is -2.01. The third kappa shape index (κ3) is 6.67. The molecule has 0 atom stereocenters. The summed E-state index contributed by atoms with van der Waals surface area (Å²) >= 11 is 0. The quantitative estimate of drug-likeness (QED) is 0.499. The average Bonchev–Trinajstić information content (AvgIpc) is 2.68. The first kappa shape index (κ1) is 15.1. The maximum Gasteiger partial charge on any atom is 0.426 e. The summed E-state index contributed by atoms with van der Waals surface area (Å²) < 4.78 is 39.4. The average molecular weight is 263 g/mol. The second kappa shape index (κ2) is 7.44. The largest absolute Gasteiger partial charge is 0.426 e. The molecule has 18 heavy (non-hydrogen) atoms. The summed E-state index contributed by atoms with van der Waals surface area (Å²) in [6.07, 6.45) is 7.73. The van der Waals surface area contributed by atoms with Gasteiger partial charge in [-0.3, -0.25) is 0 Å². The third-order valence-corrected chi connectivity index (χ3v) is 2.88. The lowest BCUT2D eigenvalue weighted by atomic mass is 10.1. The Bertz CT molecular complexity index is 331. The highest BCUT2D eigenvalue weighted by Crippen LogP contribution is 2.14. The van der Waals surface area contributed by atoms with E-state index in [-0.39, 0.29) is 0 Å². The van der Waals surface area contributed by atoms with Crippen molar-refractivity contribution >= 4 is 0 Å². The SMILES string of the molecule is CCCCCCCCn1cc[n+](CC(F)(F)F)c1. The zero-order chi connectivity index (χ0) is 13.4. The number of hydrogen-bond donors (Lipinski definition) is 0. The minimum absolute atomic E-state index is 0.803. The molecule has 0 N–H and O–H groups in total. The van der Waals surface area contributed by atoms with Gasteiger partial charge in [0.1, 0.15) is 12.4 Å². The molecule has 1 heterocycles. The molecule has 0 amide bonds. The maximum absolute atomic E-state index is 12.1. The summed E-state index contributed by atoms with van der Waals surface area (Å²) in [5.74, 6) is 0. The van der Waals surface area contributed by atoms with Crippen molar-refractivity contribution in [1.82, 2.24) is 4.57 Å². The smallest absolute Gasteiger partial charge is 0.237 e. The van der Waals surface area contributed by atoms with E-state index in [0.29, 0.717) is 0 Å². The van der Waals surface area contributed by atoms with Crippen LogP contribution in [0.4, 0.5) is 13.2 Å². The van der Waals surface area contributed by atoms with E-state index in [1.165, 1.54) is 42.8 Å². The van der Waals surface area contributed by atoms with Gasteiger partial charge in [-0.1, -0.05) is 32.6 Å². The molecule has 5 heteroatoms. The second-order valence-electron chi connectivity index (χ2n) is 4.71. The highest BCUT2D eigenvalue weighted by Gasteiger charge is 2.31. The van der Waals surface area contributed by atoms with E-state index < -0.39 is 12.7 Å². The van der Waals surface area contributed by atoms with Gasteiger partial charge in [-0.2, -0.15) is 13.2 Å². The van der Waals surface area contributed by atoms with Gasteiger partial charge < -0.3 is 0 Å². The molecule has 0 aliphatic carbocycles. The molecule has 0 bridgehead atoms. The third-order valence-electron chi connectivity index (χ3n) is 2.88. The number of aryl methyl sites for hydroxylation is 1. The van der Waals surface area contributed by atoms with Gasteiger partial charge in [0.15, 0.2) is 6.54 Å². The van der Waals surface area contributed by atoms with Gasteiger partial charge in [0, 0.05) is 0 Å². The predicted molar refractivity (Wildman–Crippen MR) is 64.1 cm³/mol. The minimum Gasteiger partial charge on any atom is -0.237 e. The van der Waals surface area contributed by atoms with Gasteiger partial charge in [0.2, 0.25) is 6.33 Å². The van der Waals surface area contributed by atoms with E-state index in [4.69, 9.17) is 0 Å². The van der Waals surface area contributed by atoms with E-state index in [1.807, 2.05) is 4.57 Å². The highest BCUT2D eigenvalue weighted by atomic mass is 19.4. The van der Waals surface area contributed by atoms with E-state index >= 15 is 0 Å². The first-order valence-electron chi connectivity index (χ1n) is 6.63. The maximum atomic E-state index is 12.1. The highest BCUT2D eigenvalue weighted by molar-refractivity contribution is 4.66. The Labute approximate surface area is 106 Å². The number of unbranched alkanes of at least 4 members (excludes halogenated alkanes) is 5. The monoisotopic (exact) mass is 263 g/mol. The Morgan fingerprint density at radius 1 is 1.06 bits per heavy atom. The molecule has 0 saturated carbocycles.